The van der Waals surface area contributed by atoms with Gasteiger partial charge in [0.05, 0.1) is 18.7 Å². The van der Waals surface area contributed by atoms with E-state index in [0.29, 0.717) is 19.0 Å². The fraction of sp³-hybridized carbons (Fsp3) is 0.435. The van der Waals surface area contributed by atoms with Crippen LogP contribution in [0.15, 0.2) is 36.5 Å². The lowest BCUT2D eigenvalue weighted by atomic mass is 10.1. The zero-order valence-electron chi connectivity index (χ0n) is 17.7. The molecule has 1 aromatic carbocycles. The SMILES string of the molecule is CCCN(CC)Cc1cnc2c(N3CCOCC3)nc(-c3cccc(O)c3)nc2c1. The van der Waals surface area contributed by atoms with Gasteiger partial charge in [-0.3, -0.25) is 9.88 Å². The van der Waals surface area contributed by atoms with Crippen LogP contribution in [0.1, 0.15) is 25.8 Å². The summed E-state index contributed by atoms with van der Waals surface area (Å²) in [6.45, 7) is 10.2. The van der Waals surface area contributed by atoms with Crippen molar-refractivity contribution in [1.82, 2.24) is 19.9 Å². The Hall–Kier alpha value is -2.77. The number of benzene rings is 1. The van der Waals surface area contributed by atoms with Crippen molar-refractivity contribution in [2.75, 3.05) is 44.3 Å². The molecule has 3 heterocycles. The largest absolute Gasteiger partial charge is 0.508 e. The monoisotopic (exact) mass is 407 g/mol. The van der Waals surface area contributed by atoms with Crippen molar-refractivity contribution in [1.29, 1.82) is 0 Å². The number of aromatic nitrogens is 3. The van der Waals surface area contributed by atoms with E-state index in [1.54, 1.807) is 12.1 Å². The zero-order valence-corrected chi connectivity index (χ0v) is 17.7. The van der Waals surface area contributed by atoms with Gasteiger partial charge in [0, 0.05) is 31.4 Å². The number of ether oxygens (including phenoxy) is 1. The van der Waals surface area contributed by atoms with Crippen molar-refractivity contribution in [3.05, 3.63) is 42.1 Å². The van der Waals surface area contributed by atoms with Gasteiger partial charge < -0.3 is 14.7 Å². The van der Waals surface area contributed by atoms with E-state index in [1.807, 2.05) is 18.3 Å². The molecular formula is C23H29N5O2. The molecule has 0 saturated carbocycles. The first-order valence-corrected chi connectivity index (χ1v) is 10.7. The van der Waals surface area contributed by atoms with Crippen LogP contribution in [0.4, 0.5) is 5.82 Å². The van der Waals surface area contributed by atoms with E-state index in [-0.39, 0.29) is 5.75 Å². The van der Waals surface area contributed by atoms with E-state index in [0.717, 1.165) is 67.1 Å². The summed E-state index contributed by atoms with van der Waals surface area (Å²) < 4.78 is 5.52. The summed E-state index contributed by atoms with van der Waals surface area (Å²) in [5.41, 5.74) is 3.57. The highest BCUT2D eigenvalue weighted by molar-refractivity contribution is 5.88. The van der Waals surface area contributed by atoms with E-state index in [4.69, 9.17) is 19.7 Å². The minimum absolute atomic E-state index is 0.203. The molecule has 1 aliphatic rings. The second-order valence-electron chi connectivity index (χ2n) is 7.60. The number of phenolic OH excluding ortho intramolecular Hbond substituents is 1. The maximum Gasteiger partial charge on any atom is 0.162 e. The number of rotatable bonds is 7. The van der Waals surface area contributed by atoms with E-state index >= 15 is 0 Å². The van der Waals surface area contributed by atoms with Crippen molar-refractivity contribution in [2.24, 2.45) is 0 Å². The Labute approximate surface area is 177 Å². The van der Waals surface area contributed by atoms with Crippen LogP contribution in [-0.2, 0) is 11.3 Å². The van der Waals surface area contributed by atoms with Gasteiger partial charge in [-0.15, -0.1) is 0 Å². The van der Waals surface area contributed by atoms with Crippen LogP contribution in [0.2, 0.25) is 0 Å². The van der Waals surface area contributed by atoms with Crippen molar-refractivity contribution in [3.63, 3.8) is 0 Å². The molecule has 7 nitrogen and oxygen atoms in total. The van der Waals surface area contributed by atoms with Gasteiger partial charge >= 0.3 is 0 Å². The molecule has 0 unspecified atom stereocenters. The molecule has 0 aliphatic carbocycles. The minimum Gasteiger partial charge on any atom is -0.508 e. The summed E-state index contributed by atoms with van der Waals surface area (Å²) in [5.74, 6) is 1.63. The topological polar surface area (TPSA) is 74.6 Å². The molecule has 0 amide bonds. The Morgan fingerprint density at radius 2 is 1.97 bits per heavy atom. The number of hydrogen-bond acceptors (Lipinski definition) is 7. The summed E-state index contributed by atoms with van der Waals surface area (Å²) >= 11 is 0. The van der Waals surface area contributed by atoms with Gasteiger partial charge in [0.2, 0.25) is 0 Å². The molecule has 158 valence electrons. The van der Waals surface area contributed by atoms with Crippen LogP contribution >= 0.6 is 0 Å². The van der Waals surface area contributed by atoms with Crippen molar-refractivity contribution >= 4 is 16.9 Å². The summed E-state index contributed by atoms with van der Waals surface area (Å²) in [4.78, 5) is 19.1. The Balaban J connectivity index is 1.79. The first kappa shape index (κ1) is 20.5. The number of fused-ring (bicyclic) bond motifs is 1. The predicted molar refractivity (Wildman–Crippen MR) is 119 cm³/mol. The first-order chi connectivity index (χ1) is 14.7. The smallest absolute Gasteiger partial charge is 0.162 e. The van der Waals surface area contributed by atoms with Crippen LogP contribution in [0.5, 0.6) is 5.75 Å². The maximum absolute atomic E-state index is 9.93. The van der Waals surface area contributed by atoms with Crippen LogP contribution in [0.3, 0.4) is 0 Å². The molecule has 2 aromatic heterocycles. The van der Waals surface area contributed by atoms with Crippen LogP contribution in [0, 0.1) is 0 Å². The average Bonchev–Trinajstić information content (AvgIpc) is 2.78. The highest BCUT2D eigenvalue weighted by Crippen LogP contribution is 2.28. The Morgan fingerprint density at radius 1 is 1.13 bits per heavy atom. The van der Waals surface area contributed by atoms with E-state index < -0.39 is 0 Å². The fourth-order valence-corrected chi connectivity index (χ4v) is 3.82. The molecule has 0 bridgehead atoms. The summed E-state index contributed by atoms with van der Waals surface area (Å²) in [6, 6.07) is 9.20. The Morgan fingerprint density at radius 3 is 2.70 bits per heavy atom. The second kappa shape index (κ2) is 9.36. The molecule has 0 atom stereocenters. The van der Waals surface area contributed by atoms with Gasteiger partial charge in [0.25, 0.3) is 0 Å². The van der Waals surface area contributed by atoms with Crippen molar-refractivity contribution in [2.45, 2.75) is 26.8 Å². The number of morpholine rings is 1. The zero-order chi connectivity index (χ0) is 20.9. The summed E-state index contributed by atoms with van der Waals surface area (Å²) in [7, 11) is 0. The molecule has 3 aromatic rings. The lowest BCUT2D eigenvalue weighted by Gasteiger charge is -2.28. The number of phenols is 1. The third-order valence-electron chi connectivity index (χ3n) is 5.38. The van der Waals surface area contributed by atoms with Crippen LogP contribution in [-0.4, -0.2) is 64.4 Å². The molecule has 1 fully saturated rings. The molecule has 1 N–H and O–H groups in total. The van der Waals surface area contributed by atoms with Gasteiger partial charge in [0.1, 0.15) is 11.3 Å². The third-order valence-corrected chi connectivity index (χ3v) is 5.38. The molecule has 1 saturated heterocycles. The van der Waals surface area contributed by atoms with E-state index in [1.165, 1.54) is 0 Å². The Bertz CT molecular complexity index is 1000. The quantitative estimate of drug-likeness (QED) is 0.643. The van der Waals surface area contributed by atoms with Gasteiger partial charge in [0.15, 0.2) is 11.6 Å². The minimum atomic E-state index is 0.203. The number of nitrogens with zero attached hydrogens (tertiary/aromatic N) is 5. The van der Waals surface area contributed by atoms with Crippen LogP contribution in [0.25, 0.3) is 22.4 Å². The fourth-order valence-electron chi connectivity index (χ4n) is 3.82. The number of hydrogen-bond donors (Lipinski definition) is 1. The van der Waals surface area contributed by atoms with E-state index in [9.17, 15) is 5.11 Å². The van der Waals surface area contributed by atoms with Crippen molar-refractivity contribution < 1.29 is 9.84 Å². The standard InChI is InChI=1S/C23H29N5O2/c1-3-8-27(4-2)16-17-13-20-21(24-15-17)23(28-9-11-30-12-10-28)26-22(25-20)18-6-5-7-19(29)14-18/h5-7,13-15,29H,3-4,8-12,16H2,1-2H3. The predicted octanol–water partition coefficient (Wildman–Crippen LogP) is 3.47. The van der Waals surface area contributed by atoms with Crippen molar-refractivity contribution in [3.8, 4) is 17.1 Å². The molecular weight excluding hydrogens is 378 g/mol. The highest BCUT2D eigenvalue weighted by Gasteiger charge is 2.19. The summed E-state index contributed by atoms with van der Waals surface area (Å²) in [6.07, 6.45) is 3.07. The number of aromatic hydroxyl groups is 1. The average molecular weight is 408 g/mol. The first-order valence-electron chi connectivity index (χ1n) is 10.7. The molecule has 7 heteroatoms. The summed E-state index contributed by atoms with van der Waals surface area (Å²) in [5, 5.41) is 9.93. The Kier molecular flexibility index (Phi) is 6.40. The molecule has 1 aliphatic heterocycles. The van der Waals surface area contributed by atoms with Gasteiger partial charge in [-0.2, -0.15) is 0 Å². The normalized spacial score (nSPS) is 14.6. The lowest BCUT2D eigenvalue weighted by molar-refractivity contribution is 0.122. The van der Waals surface area contributed by atoms with Gasteiger partial charge in [-0.1, -0.05) is 26.0 Å². The molecule has 0 spiro atoms. The molecule has 0 radical (unpaired) electrons. The van der Waals surface area contributed by atoms with Gasteiger partial charge in [-0.05, 0) is 43.3 Å². The highest BCUT2D eigenvalue weighted by atomic mass is 16.5. The number of anilines is 1. The molecule has 4 rings (SSSR count). The van der Waals surface area contributed by atoms with E-state index in [2.05, 4.69) is 29.7 Å². The van der Waals surface area contributed by atoms with Gasteiger partial charge in [-0.25, -0.2) is 9.97 Å². The van der Waals surface area contributed by atoms with Crippen LogP contribution < -0.4 is 4.90 Å². The second-order valence-corrected chi connectivity index (χ2v) is 7.60. The number of pyridine rings is 1. The lowest BCUT2D eigenvalue weighted by Crippen LogP contribution is -2.37. The maximum atomic E-state index is 9.93. The molecule has 30 heavy (non-hydrogen) atoms. The third kappa shape index (κ3) is 4.52.